The molecule has 2 atom stereocenters. The largest absolute Gasteiger partial charge is 0.369 e. The number of halogens is 2. The molecule has 0 aliphatic carbocycles. The van der Waals surface area contributed by atoms with Crippen LogP contribution in [0.2, 0.25) is 0 Å². The van der Waals surface area contributed by atoms with Crippen LogP contribution < -0.4 is 20.9 Å². The predicted molar refractivity (Wildman–Crippen MR) is 174 cm³/mol. The van der Waals surface area contributed by atoms with E-state index in [1.165, 1.54) is 11.0 Å². The normalized spacial score (nSPS) is 18.9. The van der Waals surface area contributed by atoms with Crippen molar-refractivity contribution in [2.45, 2.75) is 44.1 Å². The van der Waals surface area contributed by atoms with Crippen molar-refractivity contribution in [3.63, 3.8) is 0 Å². The summed E-state index contributed by atoms with van der Waals surface area (Å²) in [6.07, 6.45) is 2.28. The number of rotatable bonds is 7. The number of imide groups is 1. The van der Waals surface area contributed by atoms with Crippen molar-refractivity contribution >= 4 is 39.9 Å². The van der Waals surface area contributed by atoms with Crippen LogP contribution in [0.1, 0.15) is 64.2 Å². The Balaban J connectivity index is 1.09. The van der Waals surface area contributed by atoms with Crippen LogP contribution in [0.5, 0.6) is 0 Å². The Morgan fingerprint density at radius 1 is 0.915 bits per heavy atom. The van der Waals surface area contributed by atoms with Gasteiger partial charge in [-0.15, -0.1) is 0 Å². The molecule has 3 amide bonds. The SMILES string of the molecule is N#Cc1ccc(N2CCC(C(CN)c3ccc(Cc4ccc5c6c(cccc46)C(=O)N5C4CCC(=O)NC4=O)c(F)c3)CC2)c(F)c1. The van der Waals surface area contributed by atoms with Gasteiger partial charge in [0.2, 0.25) is 11.8 Å². The van der Waals surface area contributed by atoms with Crippen molar-refractivity contribution in [1.29, 1.82) is 5.26 Å². The average Bonchev–Trinajstić information content (AvgIpc) is 3.36. The zero-order chi connectivity index (χ0) is 32.8. The van der Waals surface area contributed by atoms with Crippen LogP contribution in [0.3, 0.4) is 0 Å². The number of anilines is 2. The van der Waals surface area contributed by atoms with Crippen LogP contribution >= 0.6 is 0 Å². The minimum Gasteiger partial charge on any atom is -0.369 e. The lowest BCUT2D eigenvalue weighted by Gasteiger charge is -2.37. The maximum absolute atomic E-state index is 15.8. The fourth-order valence-corrected chi connectivity index (χ4v) is 7.58. The van der Waals surface area contributed by atoms with Crippen LogP contribution in [0.25, 0.3) is 10.8 Å². The van der Waals surface area contributed by atoms with Gasteiger partial charge in [-0.3, -0.25) is 24.6 Å². The molecule has 0 bridgehead atoms. The summed E-state index contributed by atoms with van der Waals surface area (Å²) in [7, 11) is 0. The van der Waals surface area contributed by atoms with E-state index in [2.05, 4.69) is 5.32 Å². The summed E-state index contributed by atoms with van der Waals surface area (Å²) in [4.78, 5) is 41.3. The van der Waals surface area contributed by atoms with Gasteiger partial charge >= 0.3 is 0 Å². The van der Waals surface area contributed by atoms with Crippen molar-refractivity contribution in [1.82, 2.24) is 5.32 Å². The fourth-order valence-electron chi connectivity index (χ4n) is 7.58. The Morgan fingerprint density at radius 3 is 2.38 bits per heavy atom. The Kier molecular flexibility index (Phi) is 7.94. The second kappa shape index (κ2) is 12.2. The smallest absolute Gasteiger partial charge is 0.259 e. The third kappa shape index (κ3) is 5.40. The van der Waals surface area contributed by atoms with E-state index in [0.717, 1.165) is 34.7 Å². The molecule has 2 saturated heterocycles. The van der Waals surface area contributed by atoms with E-state index < -0.39 is 17.8 Å². The molecule has 0 radical (unpaired) electrons. The predicted octanol–water partition coefficient (Wildman–Crippen LogP) is 5.30. The summed E-state index contributed by atoms with van der Waals surface area (Å²) in [5.41, 5.74) is 10.3. The number of nitrogens with zero attached hydrogens (tertiary/aromatic N) is 3. The van der Waals surface area contributed by atoms with E-state index in [4.69, 9.17) is 11.0 Å². The number of amides is 3. The van der Waals surface area contributed by atoms with Gasteiger partial charge in [-0.1, -0.05) is 30.3 Å². The first-order chi connectivity index (χ1) is 22.8. The highest BCUT2D eigenvalue weighted by molar-refractivity contribution is 6.27. The molecule has 3 N–H and O–H groups in total. The van der Waals surface area contributed by atoms with Gasteiger partial charge in [0, 0.05) is 36.9 Å². The summed E-state index contributed by atoms with van der Waals surface area (Å²) in [6.45, 7) is 1.64. The highest BCUT2D eigenvalue weighted by Gasteiger charge is 2.41. The molecule has 10 heteroatoms. The summed E-state index contributed by atoms with van der Waals surface area (Å²) in [5.74, 6) is -1.69. The molecule has 238 valence electrons. The molecule has 0 aromatic heterocycles. The third-order valence-corrected chi connectivity index (χ3v) is 10.0. The molecule has 2 unspecified atom stereocenters. The Labute approximate surface area is 270 Å². The number of carbonyl (C=O) groups is 3. The summed E-state index contributed by atoms with van der Waals surface area (Å²) >= 11 is 0. The van der Waals surface area contributed by atoms with Crippen LogP contribution in [-0.4, -0.2) is 43.4 Å². The van der Waals surface area contributed by atoms with Crippen LogP contribution in [0.15, 0.2) is 66.7 Å². The molecule has 8 nitrogen and oxygen atoms in total. The van der Waals surface area contributed by atoms with Gasteiger partial charge in [0.1, 0.15) is 17.7 Å². The van der Waals surface area contributed by atoms with Gasteiger partial charge in [-0.25, -0.2) is 8.78 Å². The minimum absolute atomic E-state index is 0.0485. The molecule has 47 heavy (non-hydrogen) atoms. The van der Waals surface area contributed by atoms with Gasteiger partial charge in [0.25, 0.3) is 5.91 Å². The molecule has 4 aromatic rings. The summed E-state index contributed by atoms with van der Waals surface area (Å²) in [5, 5.41) is 12.9. The maximum atomic E-state index is 15.8. The van der Waals surface area contributed by atoms with E-state index >= 15 is 4.39 Å². The number of nitrogens with one attached hydrogen (secondary N) is 1. The Hall–Kier alpha value is -5.14. The number of hydrogen-bond acceptors (Lipinski definition) is 6. The molecular formula is C37H33F2N5O3. The topological polar surface area (TPSA) is 120 Å². The summed E-state index contributed by atoms with van der Waals surface area (Å²) < 4.78 is 30.4. The van der Waals surface area contributed by atoms with E-state index in [1.54, 1.807) is 36.4 Å². The van der Waals surface area contributed by atoms with E-state index in [-0.39, 0.29) is 47.9 Å². The van der Waals surface area contributed by atoms with E-state index in [1.807, 2.05) is 35.2 Å². The molecule has 3 aliphatic heterocycles. The number of piperidine rings is 2. The lowest BCUT2D eigenvalue weighted by Crippen LogP contribution is -2.53. The van der Waals surface area contributed by atoms with Crippen LogP contribution in [0.4, 0.5) is 20.2 Å². The quantitative estimate of drug-likeness (QED) is 0.267. The first kappa shape index (κ1) is 30.5. The van der Waals surface area contributed by atoms with Gasteiger partial charge in [-0.05, 0) is 96.1 Å². The lowest BCUT2D eigenvalue weighted by molar-refractivity contribution is -0.134. The summed E-state index contributed by atoms with van der Waals surface area (Å²) in [6, 6.07) is 20.2. The van der Waals surface area contributed by atoms with Crippen molar-refractivity contribution in [2.24, 2.45) is 11.7 Å². The number of hydrogen-bond donors (Lipinski definition) is 2. The van der Waals surface area contributed by atoms with Crippen LogP contribution in [0, 0.1) is 28.9 Å². The lowest BCUT2D eigenvalue weighted by atomic mass is 9.79. The number of nitrogens with two attached hydrogens (primary N) is 1. The second-order valence-corrected chi connectivity index (χ2v) is 12.6. The van der Waals surface area contributed by atoms with E-state index in [0.29, 0.717) is 48.6 Å². The van der Waals surface area contributed by atoms with Crippen molar-refractivity contribution in [2.75, 3.05) is 29.4 Å². The Morgan fingerprint density at radius 2 is 1.68 bits per heavy atom. The maximum Gasteiger partial charge on any atom is 0.259 e. The second-order valence-electron chi connectivity index (χ2n) is 12.6. The molecule has 3 heterocycles. The first-order valence-electron chi connectivity index (χ1n) is 15.9. The highest BCUT2D eigenvalue weighted by Crippen LogP contribution is 2.42. The Bertz CT molecular complexity index is 1980. The molecule has 7 rings (SSSR count). The molecule has 0 saturated carbocycles. The number of carbonyl (C=O) groups excluding carboxylic acids is 3. The van der Waals surface area contributed by atoms with Gasteiger partial charge < -0.3 is 10.6 Å². The molecule has 3 aliphatic rings. The van der Waals surface area contributed by atoms with Crippen molar-refractivity contribution < 1.29 is 23.2 Å². The monoisotopic (exact) mass is 633 g/mol. The standard InChI is InChI=1S/C37H33F2N5O3/c38-29-18-24(28(20-41)22-12-14-43(15-13-22)31-8-4-21(19-40)16-30(31)39)5-6-25(29)17-23-7-9-32-35-26(23)2-1-3-27(35)37(47)44(32)33-10-11-34(45)42-36(33)46/h1-9,16,18,22,28,33H,10-15,17,20,41H2,(H,42,45,46). The number of benzene rings is 4. The molecule has 2 fully saturated rings. The zero-order valence-electron chi connectivity index (χ0n) is 25.6. The molecular weight excluding hydrogens is 600 g/mol. The van der Waals surface area contributed by atoms with Crippen LogP contribution in [-0.2, 0) is 16.0 Å². The number of nitriles is 1. The van der Waals surface area contributed by atoms with Gasteiger partial charge in [0.05, 0.1) is 23.0 Å². The first-order valence-corrected chi connectivity index (χ1v) is 15.9. The fraction of sp³-hybridized carbons (Fsp3) is 0.297. The molecule has 0 spiro atoms. The van der Waals surface area contributed by atoms with Crippen molar-refractivity contribution in [3.8, 4) is 6.07 Å². The molecule has 4 aromatic carbocycles. The van der Waals surface area contributed by atoms with Gasteiger partial charge in [-0.2, -0.15) is 5.26 Å². The van der Waals surface area contributed by atoms with Gasteiger partial charge in [0.15, 0.2) is 0 Å². The zero-order valence-corrected chi connectivity index (χ0v) is 25.6. The average molecular weight is 634 g/mol. The third-order valence-electron chi connectivity index (χ3n) is 10.0. The highest BCUT2D eigenvalue weighted by atomic mass is 19.1. The minimum atomic E-state index is -0.772. The van der Waals surface area contributed by atoms with Crippen molar-refractivity contribution in [3.05, 3.63) is 106 Å². The van der Waals surface area contributed by atoms with E-state index in [9.17, 15) is 18.8 Å².